The molecule has 2 aromatic rings. The summed E-state index contributed by atoms with van der Waals surface area (Å²) in [5.41, 5.74) is 10.0. The molecule has 0 atom stereocenters. The van der Waals surface area contributed by atoms with Crippen molar-refractivity contribution in [1.82, 2.24) is 4.98 Å². The number of hydrogen-bond donors (Lipinski definition) is 2. The van der Waals surface area contributed by atoms with Crippen LogP contribution < -0.4 is 15.8 Å². The minimum absolute atomic E-state index is 0.524. The summed E-state index contributed by atoms with van der Waals surface area (Å²) in [5, 5.41) is 3.30. The minimum Gasteiger partial charge on any atom is -0.476 e. The van der Waals surface area contributed by atoms with Crippen molar-refractivity contribution < 1.29 is 4.74 Å². The monoisotopic (exact) mass is 283 g/mol. The lowest BCUT2D eigenvalue weighted by atomic mass is 10.1. The van der Waals surface area contributed by atoms with E-state index in [0.717, 1.165) is 11.5 Å². The van der Waals surface area contributed by atoms with Crippen LogP contribution in [-0.4, -0.2) is 11.6 Å². The van der Waals surface area contributed by atoms with E-state index in [0.29, 0.717) is 24.1 Å². The van der Waals surface area contributed by atoms with E-state index in [1.807, 2.05) is 18.2 Å². The van der Waals surface area contributed by atoms with Gasteiger partial charge in [-0.1, -0.05) is 6.07 Å². The number of benzene rings is 1. The van der Waals surface area contributed by atoms with Gasteiger partial charge in [-0.05, 0) is 68.0 Å². The van der Waals surface area contributed by atoms with E-state index < -0.39 is 0 Å². The maximum absolute atomic E-state index is 5.92. The Kier molecular flexibility index (Phi) is 3.69. The molecule has 4 nitrogen and oxygen atoms in total. The van der Waals surface area contributed by atoms with Crippen LogP contribution in [0.1, 0.15) is 24.0 Å². The quantitative estimate of drug-likeness (QED) is 0.876. The Balaban J connectivity index is 1.74. The van der Waals surface area contributed by atoms with Gasteiger partial charge in [0.05, 0.1) is 12.3 Å². The lowest BCUT2D eigenvalue weighted by molar-refractivity contribution is 0.290. The highest BCUT2D eigenvalue weighted by molar-refractivity contribution is 5.61. The zero-order chi connectivity index (χ0) is 14.8. The van der Waals surface area contributed by atoms with Gasteiger partial charge in [0.2, 0.25) is 5.88 Å². The van der Waals surface area contributed by atoms with E-state index in [-0.39, 0.29) is 0 Å². The minimum atomic E-state index is 0.524. The van der Waals surface area contributed by atoms with Crippen LogP contribution in [0.3, 0.4) is 0 Å². The maximum Gasteiger partial charge on any atom is 0.239 e. The van der Waals surface area contributed by atoms with Gasteiger partial charge in [0.15, 0.2) is 0 Å². The number of ether oxygens (including phenoxy) is 1. The first-order valence-corrected chi connectivity index (χ1v) is 7.35. The molecule has 1 aromatic heterocycles. The first-order valence-electron chi connectivity index (χ1n) is 7.35. The SMILES string of the molecule is Cc1ccc(Nc2ccc(N)c(OCC3CC3)n2)cc1C. The molecule has 0 radical (unpaired) electrons. The molecule has 1 aliphatic rings. The molecule has 0 amide bonds. The summed E-state index contributed by atoms with van der Waals surface area (Å²) >= 11 is 0. The van der Waals surface area contributed by atoms with Gasteiger partial charge in [0.25, 0.3) is 0 Å². The van der Waals surface area contributed by atoms with Crippen molar-refractivity contribution in [2.45, 2.75) is 26.7 Å². The van der Waals surface area contributed by atoms with Crippen LogP contribution in [0.25, 0.3) is 0 Å². The van der Waals surface area contributed by atoms with E-state index in [9.17, 15) is 0 Å². The Labute approximate surface area is 125 Å². The number of anilines is 3. The second-order valence-electron chi connectivity index (χ2n) is 5.77. The number of nitrogen functional groups attached to an aromatic ring is 1. The fraction of sp³-hybridized carbons (Fsp3) is 0.353. The number of rotatable bonds is 5. The molecule has 1 aliphatic carbocycles. The van der Waals surface area contributed by atoms with Crippen molar-refractivity contribution in [3.63, 3.8) is 0 Å². The van der Waals surface area contributed by atoms with Gasteiger partial charge in [0.1, 0.15) is 5.82 Å². The summed E-state index contributed by atoms with van der Waals surface area (Å²) in [6.07, 6.45) is 2.50. The van der Waals surface area contributed by atoms with Gasteiger partial charge in [-0.2, -0.15) is 4.98 Å². The van der Waals surface area contributed by atoms with Crippen LogP contribution >= 0.6 is 0 Å². The van der Waals surface area contributed by atoms with E-state index in [1.165, 1.54) is 24.0 Å². The number of aryl methyl sites for hydroxylation is 2. The normalized spacial score (nSPS) is 14.0. The van der Waals surface area contributed by atoms with Gasteiger partial charge < -0.3 is 15.8 Å². The molecular weight excluding hydrogens is 262 g/mol. The maximum atomic E-state index is 5.92. The van der Waals surface area contributed by atoms with Crippen molar-refractivity contribution in [3.8, 4) is 5.88 Å². The molecule has 0 unspecified atom stereocenters. The van der Waals surface area contributed by atoms with Gasteiger partial charge in [-0.15, -0.1) is 0 Å². The molecule has 0 spiro atoms. The van der Waals surface area contributed by atoms with Crippen LogP contribution in [0.5, 0.6) is 5.88 Å². The average Bonchev–Trinajstić information content (AvgIpc) is 3.28. The molecule has 1 saturated carbocycles. The van der Waals surface area contributed by atoms with Crippen LogP contribution in [0.2, 0.25) is 0 Å². The highest BCUT2D eigenvalue weighted by Gasteiger charge is 2.22. The summed E-state index contributed by atoms with van der Waals surface area (Å²) < 4.78 is 5.71. The number of nitrogens with zero attached hydrogens (tertiary/aromatic N) is 1. The van der Waals surface area contributed by atoms with E-state index in [2.05, 4.69) is 36.3 Å². The fourth-order valence-electron chi connectivity index (χ4n) is 2.08. The topological polar surface area (TPSA) is 60.2 Å². The molecule has 1 fully saturated rings. The predicted molar refractivity (Wildman–Crippen MR) is 86.1 cm³/mol. The standard InChI is InChI=1S/C17H21N3O/c1-11-3-6-14(9-12(11)2)19-16-8-7-15(18)17(20-16)21-10-13-4-5-13/h3,6-9,13H,4-5,10,18H2,1-2H3,(H,19,20). The summed E-state index contributed by atoms with van der Waals surface area (Å²) in [6, 6.07) is 9.95. The number of pyridine rings is 1. The van der Waals surface area contributed by atoms with Crippen LogP contribution in [0, 0.1) is 19.8 Å². The third kappa shape index (κ3) is 3.45. The Hall–Kier alpha value is -2.23. The molecule has 1 aromatic carbocycles. The van der Waals surface area contributed by atoms with E-state index >= 15 is 0 Å². The van der Waals surface area contributed by atoms with Crippen molar-refractivity contribution in [2.75, 3.05) is 17.7 Å². The van der Waals surface area contributed by atoms with Crippen molar-refractivity contribution in [2.24, 2.45) is 5.92 Å². The van der Waals surface area contributed by atoms with Crippen LogP contribution in [0.4, 0.5) is 17.2 Å². The Bertz CT molecular complexity index is 650. The third-order valence-corrected chi connectivity index (χ3v) is 3.82. The largest absolute Gasteiger partial charge is 0.476 e. The number of nitrogens with two attached hydrogens (primary N) is 1. The second-order valence-corrected chi connectivity index (χ2v) is 5.77. The molecular formula is C17H21N3O. The molecule has 110 valence electrons. The molecule has 3 rings (SSSR count). The highest BCUT2D eigenvalue weighted by Crippen LogP contribution is 2.31. The first-order chi connectivity index (χ1) is 10.1. The van der Waals surface area contributed by atoms with Crippen molar-refractivity contribution in [3.05, 3.63) is 41.5 Å². The third-order valence-electron chi connectivity index (χ3n) is 3.82. The molecule has 0 saturated heterocycles. The van der Waals surface area contributed by atoms with Crippen molar-refractivity contribution >= 4 is 17.2 Å². The molecule has 3 N–H and O–H groups in total. The van der Waals surface area contributed by atoms with Crippen molar-refractivity contribution in [1.29, 1.82) is 0 Å². The lowest BCUT2D eigenvalue weighted by Gasteiger charge is -2.11. The predicted octanol–water partition coefficient (Wildman–Crippen LogP) is 3.81. The molecule has 4 heteroatoms. The van der Waals surface area contributed by atoms with E-state index in [4.69, 9.17) is 10.5 Å². The lowest BCUT2D eigenvalue weighted by Crippen LogP contribution is -2.05. The van der Waals surface area contributed by atoms with Gasteiger partial charge >= 0.3 is 0 Å². The number of nitrogens with one attached hydrogen (secondary N) is 1. The molecule has 0 bridgehead atoms. The zero-order valence-corrected chi connectivity index (χ0v) is 12.5. The summed E-state index contributed by atoms with van der Waals surface area (Å²) in [4.78, 5) is 4.46. The molecule has 0 aliphatic heterocycles. The highest BCUT2D eigenvalue weighted by atomic mass is 16.5. The summed E-state index contributed by atoms with van der Waals surface area (Å²) in [5.74, 6) is 1.96. The van der Waals surface area contributed by atoms with Gasteiger partial charge in [-0.3, -0.25) is 0 Å². The zero-order valence-electron chi connectivity index (χ0n) is 12.5. The fourth-order valence-corrected chi connectivity index (χ4v) is 2.08. The summed E-state index contributed by atoms with van der Waals surface area (Å²) in [7, 11) is 0. The number of hydrogen-bond acceptors (Lipinski definition) is 4. The van der Waals surface area contributed by atoms with Crippen LogP contribution in [-0.2, 0) is 0 Å². The first kappa shape index (κ1) is 13.7. The summed E-state index contributed by atoms with van der Waals surface area (Å²) in [6.45, 7) is 4.91. The Morgan fingerprint density at radius 2 is 2.00 bits per heavy atom. The smallest absolute Gasteiger partial charge is 0.239 e. The number of aromatic nitrogens is 1. The van der Waals surface area contributed by atoms with Gasteiger partial charge in [0, 0.05) is 5.69 Å². The Morgan fingerprint density at radius 3 is 2.71 bits per heavy atom. The second kappa shape index (κ2) is 5.64. The molecule has 1 heterocycles. The van der Waals surface area contributed by atoms with Crippen LogP contribution in [0.15, 0.2) is 30.3 Å². The molecule has 21 heavy (non-hydrogen) atoms. The van der Waals surface area contributed by atoms with E-state index in [1.54, 1.807) is 0 Å². The average molecular weight is 283 g/mol. The van der Waals surface area contributed by atoms with Gasteiger partial charge in [-0.25, -0.2) is 0 Å². The Morgan fingerprint density at radius 1 is 1.19 bits per heavy atom.